The smallest absolute Gasteiger partial charge is 0.407 e. The van der Waals surface area contributed by atoms with E-state index in [-0.39, 0.29) is 12.0 Å². The summed E-state index contributed by atoms with van der Waals surface area (Å²) in [6.07, 6.45) is -0.519. The van der Waals surface area contributed by atoms with Crippen LogP contribution in [0, 0.1) is 11.8 Å². The Labute approximate surface area is 103 Å². The molecular formula is C12H23NO4. The zero-order chi connectivity index (χ0) is 13.8. The van der Waals surface area contributed by atoms with Gasteiger partial charge < -0.3 is 15.2 Å². The van der Waals surface area contributed by atoms with Gasteiger partial charge in [0, 0.05) is 6.04 Å². The van der Waals surface area contributed by atoms with Crippen LogP contribution in [0.5, 0.6) is 0 Å². The lowest BCUT2D eigenvalue weighted by Crippen LogP contribution is -2.43. The van der Waals surface area contributed by atoms with Gasteiger partial charge in [0.1, 0.15) is 5.60 Å². The number of ether oxygens (including phenoxy) is 1. The second-order valence-electron chi connectivity index (χ2n) is 5.42. The molecule has 3 atom stereocenters. The van der Waals surface area contributed by atoms with Gasteiger partial charge in [0.25, 0.3) is 0 Å². The van der Waals surface area contributed by atoms with Gasteiger partial charge in [-0.25, -0.2) is 4.79 Å². The van der Waals surface area contributed by atoms with Crippen LogP contribution in [0.25, 0.3) is 0 Å². The number of hydrogen-bond acceptors (Lipinski definition) is 3. The van der Waals surface area contributed by atoms with Crippen LogP contribution in [0.1, 0.15) is 41.5 Å². The molecule has 0 spiro atoms. The number of carboxylic acid groups (broad SMARTS) is 1. The number of alkyl carbamates (subject to hydrolysis) is 1. The number of amides is 1. The molecule has 0 heterocycles. The molecule has 0 radical (unpaired) electrons. The Morgan fingerprint density at radius 1 is 1.18 bits per heavy atom. The van der Waals surface area contributed by atoms with Crippen molar-refractivity contribution in [1.82, 2.24) is 5.32 Å². The van der Waals surface area contributed by atoms with Crippen LogP contribution in [0.15, 0.2) is 0 Å². The minimum Gasteiger partial charge on any atom is -0.481 e. The molecule has 17 heavy (non-hydrogen) atoms. The summed E-state index contributed by atoms with van der Waals surface area (Å²) in [6, 6.07) is -0.254. The maximum absolute atomic E-state index is 11.5. The summed E-state index contributed by atoms with van der Waals surface area (Å²) in [5.41, 5.74) is -0.550. The highest BCUT2D eigenvalue weighted by Crippen LogP contribution is 2.16. The summed E-state index contributed by atoms with van der Waals surface area (Å²) in [6.45, 7) is 10.5. The molecule has 1 amide bonds. The predicted molar refractivity (Wildman–Crippen MR) is 64.8 cm³/mol. The van der Waals surface area contributed by atoms with Crippen molar-refractivity contribution in [2.75, 3.05) is 0 Å². The van der Waals surface area contributed by atoms with E-state index in [4.69, 9.17) is 9.84 Å². The molecule has 0 aliphatic rings. The first-order valence-corrected chi connectivity index (χ1v) is 5.77. The fourth-order valence-electron chi connectivity index (χ4n) is 1.28. The van der Waals surface area contributed by atoms with Crippen LogP contribution in [0.2, 0.25) is 0 Å². The molecule has 0 rings (SSSR count). The summed E-state index contributed by atoms with van der Waals surface area (Å²) in [7, 11) is 0. The van der Waals surface area contributed by atoms with Crippen molar-refractivity contribution in [2.45, 2.75) is 53.2 Å². The number of carbonyl (C=O) groups excluding carboxylic acids is 1. The van der Waals surface area contributed by atoms with Crippen LogP contribution in [-0.4, -0.2) is 28.8 Å². The molecule has 5 heteroatoms. The van der Waals surface area contributed by atoms with Crippen molar-refractivity contribution >= 4 is 12.1 Å². The summed E-state index contributed by atoms with van der Waals surface area (Å²) in [4.78, 5) is 22.3. The third kappa shape index (κ3) is 6.14. The van der Waals surface area contributed by atoms with Crippen LogP contribution >= 0.6 is 0 Å². The third-order valence-electron chi connectivity index (χ3n) is 2.71. The van der Waals surface area contributed by atoms with Gasteiger partial charge in [-0.3, -0.25) is 4.79 Å². The molecule has 3 unspecified atom stereocenters. The van der Waals surface area contributed by atoms with Gasteiger partial charge in [-0.05, 0) is 33.6 Å². The lowest BCUT2D eigenvalue weighted by atomic mass is 9.90. The zero-order valence-electron chi connectivity index (χ0n) is 11.4. The maximum Gasteiger partial charge on any atom is 0.407 e. The van der Waals surface area contributed by atoms with Crippen LogP contribution in [0.3, 0.4) is 0 Å². The molecular weight excluding hydrogens is 222 g/mol. The monoisotopic (exact) mass is 245 g/mol. The molecule has 0 aliphatic heterocycles. The predicted octanol–water partition coefficient (Wildman–Crippen LogP) is 2.26. The standard InChI is InChI=1S/C12H23NO4/c1-7(8(2)10(14)15)9(3)13-11(16)17-12(4,5)6/h7-9H,1-6H3,(H,13,16)(H,14,15). The lowest BCUT2D eigenvalue weighted by molar-refractivity contribution is -0.143. The lowest BCUT2D eigenvalue weighted by Gasteiger charge is -2.26. The molecule has 2 N–H and O–H groups in total. The third-order valence-corrected chi connectivity index (χ3v) is 2.71. The minimum absolute atomic E-state index is 0.167. The van der Waals surface area contributed by atoms with Crippen LogP contribution < -0.4 is 5.32 Å². The van der Waals surface area contributed by atoms with E-state index in [0.717, 1.165) is 0 Å². The van der Waals surface area contributed by atoms with Crippen LogP contribution in [0.4, 0.5) is 4.79 Å². The number of aliphatic carboxylic acids is 1. The number of hydrogen-bond donors (Lipinski definition) is 2. The first kappa shape index (κ1) is 15.7. The van der Waals surface area contributed by atoms with Gasteiger partial charge >= 0.3 is 12.1 Å². The largest absolute Gasteiger partial charge is 0.481 e. The molecule has 0 aliphatic carbocycles. The van der Waals surface area contributed by atoms with E-state index in [0.29, 0.717) is 0 Å². The Balaban J connectivity index is 4.30. The quantitative estimate of drug-likeness (QED) is 0.796. The van der Waals surface area contributed by atoms with Crippen LogP contribution in [-0.2, 0) is 9.53 Å². The normalized spacial score (nSPS) is 16.8. The Hall–Kier alpha value is -1.26. The van der Waals surface area contributed by atoms with Crippen molar-refractivity contribution in [2.24, 2.45) is 11.8 Å². The van der Waals surface area contributed by atoms with E-state index < -0.39 is 23.6 Å². The Bertz CT molecular complexity index is 283. The number of carboxylic acids is 1. The summed E-state index contributed by atoms with van der Waals surface area (Å²) >= 11 is 0. The Kier molecular flexibility index (Phi) is 5.45. The number of nitrogens with one attached hydrogen (secondary N) is 1. The van der Waals surface area contributed by atoms with Gasteiger partial charge in [0.2, 0.25) is 0 Å². The minimum atomic E-state index is -0.865. The molecule has 5 nitrogen and oxygen atoms in total. The maximum atomic E-state index is 11.5. The second-order valence-corrected chi connectivity index (χ2v) is 5.42. The molecule has 0 saturated carbocycles. The molecule has 100 valence electrons. The van der Waals surface area contributed by atoms with Gasteiger partial charge in [0.05, 0.1) is 5.92 Å². The highest BCUT2D eigenvalue weighted by molar-refractivity contribution is 5.71. The molecule has 0 aromatic heterocycles. The summed E-state index contributed by atoms with van der Waals surface area (Å²) < 4.78 is 5.10. The SMILES string of the molecule is CC(NC(=O)OC(C)(C)C)C(C)C(C)C(=O)O. The van der Waals surface area contributed by atoms with Gasteiger partial charge in [-0.2, -0.15) is 0 Å². The number of carbonyl (C=O) groups is 2. The Morgan fingerprint density at radius 3 is 2.00 bits per heavy atom. The molecule has 0 fully saturated rings. The van der Waals surface area contributed by atoms with E-state index in [1.165, 1.54) is 0 Å². The van der Waals surface area contributed by atoms with Gasteiger partial charge in [-0.15, -0.1) is 0 Å². The molecule has 0 aromatic carbocycles. The molecule has 0 aromatic rings. The first-order valence-electron chi connectivity index (χ1n) is 5.77. The average Bonchev–Trinajstić information content (AvgIpc) is 2.11. The fraction of sp³-hybridized carbons (Fsp3) is 0.833. The first-order chi connectivity index (χ1) is 7.54. The van der Waals surface area contributed by atoms with Crippen molar-refractivity contribution in [3.05, 3.63) is 0 Å². The van der Waals surface area contributed by atoms with Gasteiger partial charge in [0.15, 0.2) is 0 Å². The number of rotatable bonds is 4. The van der Waals surface area contributed by atoms with Gasteiger partial charge in [-0.1, -0.05) is 13.8 Å². The topological polar surface area (TPSA) is 75.6 Å². The van der Waals surface area contributed by atoms with E-state index in [1.54, 1.807) is 41.5 Å². The zero-order valence-corrected chi connectivity index (χ0v) is 11.4. The van der Waals surface area contributed by atoms with E-state index in [9.17, 15) is 9.59 Å². The van der Waals surface area contributed by atoms with Crippen molar-refractivity contribution in [3.63, 3.8) is 0 Å². The van der Waals surface area contributed by atoms with Crippen molar-refractivity contribution in [1.29, 1.82) is 0 Å². The van der Waals surface area contributed by atoms with Crippen molar-refractivity contribution < 1.29 is 19.4 Å². The Morgan fingerprint density at radius 2 is 1.65 bits per heavy atom. The highest BCUT2D eigenvalue weighted by Gasteiger charge is 2.27. The van der Waals surface area contributed by atoms with E-state index in [2.05, 4.69) is 5.32 Å². The molecule has 0 saturated heterocycles. The van der Waals surface area contributed by atoms with E-state index in [1.807, 2.05) is 0 Å². The highest BCUT2D eigenvalue weighted by atomic mass is 16.6. The molecule has 0 bridgehead atoms. The fourth-order valence-corrected chi connectivity index (χ4v) is 1.28. The second kappa shape index (κ2) is 5.89. The van der Waals surface area contributed by atoms with E-state index >= 15 is 0 Å². The summed E-state index contributed by atoms with van der Waals surface area (Å²) in [5, 5.41) is 11.5. The van der Waals surface area contributed by atoms with Crippen molar-refractivity contribution in [3.8, 4) is 0 Å². The average molecular weight is 245 g/mol. The summed E-state index contributed by atoms with van der Waals surface area (Å²) in [5.74, 6) is -1.55.